The number of rotatable bonds is 19. The Bertz CT molecular complexity index is 395. The van der Waals surface area contributed by atoms with E-state index in [1.54, 1.807) is 5.57 Å². The van der Waals surface area contributed by atoms with E-state index in [2.05, 4.69) is 45.5 Å². The highest BCUT2D eigenvalue weighted by atomic mass is 32.2. The summed E-state index contributed by atoms with van der Waals surface area (Å²) >= 11 is 2.24. The highest BCUT2D eigenvalue weighted by molar-refractivity contribution is 8.00. The van der Waals surface area contributed by atoms with Gasteiger partial charge in [-0.05, 0) is 44.3 Å². The third kappa shape index (κ3) is 14.7. The lowest BCUT2D eigenvalue weighted by atomic mass is 9.82. The van der Waals surface area contributed by atoms with Gasteiger partial charge in [0.1, 0.15) is 0 Å². The van der Waals surface area contributed by atoms with Gasteiger partial charge in [-0.25, -0.2) is 0 Å². The van der Waals surface area contributed by atoms with Crippen molar-refractivity contribution in [1.29, 1.82) is 0 Å². The van der Waals surface area contributed by atoms with Crippen LogP contribution in [-0.2, 0) is 0 Å². The fourth-order valence-corrected chi connectivity index (χ4v) is 6.02. The van der Waals surface area contributed by atoms with Gasteiger partial charge in [0.25, 0.3) is 0 Å². The van der Waals surface area contributed by atoms with Crippen molar-refractivity contribution < 1.29 is 0 Å². The Kier molecular flexibility index (Phi) is 16.6. The van der Waals surface area contributed by atoms with E-state index in [1.807, 2.05) is 0 Å². The molecule has 0 nitrogen and oxygen atoms in total. The Labute approximate surface area is 189 Å². The lowest BCUT2D eigenvalue weighted by Gasteiger charge is -2.35. The Morgan fingerprint density at radius 2 is 1.21 bits per heavy atom. The molecule has 1 aliphatic rings. The van der Waals surface area contributed by atoms with E-state index < -0.39 is 0 Å². The molecule has 0 saturated carbocycles. The largest absolute Gasteiger partial charge is 0.155 e. The summed E-state index contributed by atoms with van der Waals surface area (Å²) in [6, 6.07) is 0. The van der Waals surface area contributed by atoms with Gasteiger partial charge in [0, 0.05) is 4.75 Å². The fourth-order valence-electron chi connectivity index (χ4n) is 4.70. The Hall–Kier alpha value is 0.0900. The topological polar surface area (TPSA) is 0 Å². The SMILES string of the molecule is CCCCCCCCCCCCCCCCCCSC(C)(C)C1CC=C(C)CC1. The molecule has 29 heavy (non-hydrogen) atoms. The van der Waals surface area contributed by atoms with Crippen LogP contribution >= 0.6 is 11.8 Å². The van der Waals surface area contributed by atoms with E-state index in [9.17, 15) is 0 Å². The predicted molar refractivity (Wildman–Crippen MR) is 137 cm³/mol. The van der Waals surface area contributed by atoms with Gasteiger partial charge in [0.15, 0.2) is 0 Å². The molecule has 1 heteroatoms. The summed E-state index contributed by atoms with van der Waals surface area (Å²) in [6.07, 6.45) is 29.9. The van der Waals surface area contributed by atoms with Crippen LogP contribution in [0.5, 0.6) is 0 Å². The van der Waals surface area contributed by atoms with Gasteiger partial charge in [0.2, 0.25) is 0 Å². The van der Waals surface area contributed by atoms with Crippen LogP contribution in [0, 0.1) is 5.92 Å². The fraction of sp³-hybridized carbons (Fsp3) is 0.929. The molecule has 0 fully saturated rings. The number of hydrogen-bond acceptors (Lipinski definition) is 1. The van der Waals surface area contributed by atoms with Crippen LogP contribution in [0.15, 0.2) is 11.6 Å². The van der Waals surface area contributed by atoms with E-state index >= 15 is 0 Å². The molecule has 0 amide bonds. The molecule has 1 atom stereocenters. The summed E-state index contributed by atoms with van der Waals surface area (Å²) < 4.78 is 0.465. The summed E-state index contributed by atoms with van der Waals surface area (Å²) in [4.78, 5) is 0. The Morgan fingerprint density at radius 3 is 1.62 bits per heavy atom. The van der Waals surface area contributed by atoms with E-state index in [0.29, 0.717) is 4.75 Å². The van der Waals surface area contributed by atoms with Gasteiger partial charge in [0.05, 0.1) is 0 Å². The van der Waals surface area contributed by atoms with Gasteiger partial charge >= 0.3 is 0 Å². The second-order valence-electron chi connectivity index (χ2n) is 10.3. The molecular weight excluding hydrogens is 368 g/mol. The molecular formula is C28H54S. The summed E-state index contributed by atoms with van der Waals surface area (Å²) in [6.45, 7) is 9.58. The Morgan fingerprint density at radius 1 is 0.759 bits per heavy atom. The molecule has 172 valence electrons. The summed E-state index contributed by atoms with van der Waals surface area (Å²) in [7, 11) is 0. The highest BCUT2D eigenvalue weighted by Crippen LogP contribution is 2.40. The van der Waals surface area contributed by atoms with Crippen LogP contribution in [0.1, 0.15) is 150 Å². The van der Waals surface area contributed by atoms with E-state index in [-0.39, 0.29) is 0 Å². The minimum atomic E-state index is 0.465. The van der Waals surface area contributed by atoms with Gasteiger partial charge < -0.3 is 0 Å². The molecule has 0 aromatic heterocycles. The quantitative estimate of drug-likeness (QED) is 0.147. The molecule has 0 aromatic rings. The molecule has 0 bridgehead atoms. The summed E-state index contributed by atoms with van der Waals surface area (Å²) in [5, 5.41) is 0. The first-order chi connectivity index (χ1) is 14.1. The molecule has 0 aromatic carbocycles. The van der Waals surface area contributed by atoms with Crippen LogP contribution in [0.3, 0.4) is 0 Å². The van der Waals surface area contributed by atoms with Crippen molar-refractivity contribution in [2.45, 2.75) is 154 Å². The van der Waals surface area contributed by atoms with Crippen molar-refractivity contribution >= 4 is 11.8 Å². The van der Waals surface area contributed by atoms with Crippen LogP contribution in [-0.4, -0.2) is 10.5 Å². The zero-order valence-corrected chi connectivity index (χ0v) is 21.5. The molecule has 1 rings (SSSR count). The van der Waals surface area contributed by atoms with Crippen molar-refractivity contribution in [1.82, 2.24) is 0 Å². The lowest BCUT2D eigenvalue weighted by Crippen LogP contribution is -2.29. The number of thioether (sulfide) groups is 1. The maximum absolute atomic E-state index is 2.49. The van der Waals surface area contributed by atoms with Crippen LogP contribution < -0.4 is 0 Å². The molecule has 0 N–H and O–H groups in total. The number of allylic oxidation sites excluding steroid dienone is 2. The highest BCUT2D eigenvalue weighted by Gasteiger charge is 2.30. The molecule has 0 aliphatic heterocycles. The molecule has 0 saturated heterocycles. The lowest BCUT2D eigenvalue weighted by molar-refractivity contribution is 0.384. The van der Waals surface area contributed by atoms with E-state index in [4.69, 9.17) is 0 Å². The smallest absolute Gasteiger partial charge is 0.0134 e. The van der Waals surface area contributed by atoms with Crippen molar-refractivity contribution in [2.75, 3.05) is 5.75 Å². The first-order valence-electron chi connectivity index (χ1n) is 13.4. The average Bonchev–Trinajstić information content (AvgIpc) is 2.70. The summed E-state index contributed by atoms with van der Waals surface area (Å²) in [5.74, 6) is 2.25. The van der Waals surface area contributed by atoms with E-state index in [1.165, 1.54) is 128 Å². The molecule has 0 radical (unpaired) electrons. The minimum absolute atomic E-state index is 0.465. The van der Waals surface area contributed by atoms with Gasteiger partial charge in [-0.1, -0.05) is 129 Å². The van der Waals surface area contributed by atoms with Crippen LogP contribution in [0.2, 0.25) is 0 Å². The minimum Gasteiger partial charge on any atom is -0.155 e. The molecule has 1 unspecified atom stereocenters. The van der Waals surface area contributed by atoms with Crippen LogP contribution in [0.25, 0.3) is 0 Å². The maximum Gasteiger partial charge on any atom is 0.0134 e. The monoisotopic (exact) mass is 422 g/mol. The second-order valence-corrected chi connectivity index (χ2v) is 12.0. The van der Waals surface area contributed by atoms with Crippen molar-refractivity contribution in [3.63, 3.8) is 0 Å². The third-order valence-electron chi connectivity index (χ3n) is 7.09. The zero-order chi connectivity index (χ0) is 21.2. The third-order valence-corrected chi connectivity index (χ3v) is 8.66. The van der Waals surface area contributed by atoms with Crippen molar-refractivity contribution in [3.8, 4) is 0 Å². The summed E-state index contributed by atoms with van der Waals surface area (Å²) in [5.41, 5.74) is 1.61. The standard InChI is InChI=1S/C28H54S/c1-5-6-7-8-9-10-11-12-13-14-15-16-17-18-19-20-25-29-28(3,4)27-23-21-26(2)22-24-27/h21,27H,5-20,22-25H2,1-4H3. The Balaban J connectivity index is 1.81. The second kappa shape index (κ2) is 17.7. The average molecular weight is 423 g/mol. The van der Waals surface area contributed by atoms with Gasteiger partial charge in [-0.3, -0.25) is 0 Å². The van der Waals surface area contributed by atoms with E-state index in [0.717, 1.165) is 5.92 Å². The number of unbranched alkanes of at least 4 members (excludes halogenated alkanes) is 15. The first kappa shape index (κ1) is 27.1. The maximum atomic E-state index is 2.49. The molecule has 0 spiro atoms. The molecule has 0 heterocycles. The zero-order valence-electron chi connectivity index (χ0n) is 20.7. The molecule has 1 aliphatic carbocycles. The predicted octanol–water partition coefficient (Wildman–Crippen LogP) is 10.5. The van der Waals surface area contributed by atoms with Gasteiger partial charge in [-0.2, -0.15) is 11.8 Å². The van der Waals surface area contributed by atoms with Crippen molar-refractivity contribution in [2.24, 2.45) is 5.92 Å². The first-order valence-corrected chi connectivity index (χ1v) is 14.3. The number of hydrogen-bond donors (Lipinski definition) is 0. The van der Waals surface area contributed by atoms with Gasteiger partial charge in [-0.15, -0.1) is 0 Å². The normalized spacial score (nSPS) is 17.5. The van der Waals surface area contributed by atoms with Crippen molar-refractivity contribution in [3.05, 3.63) is 11.6 Å². The van der Waals surface area contributed by atoms with Crippen LogP contribution in [0.4, 0.5) is 0 Å².